The van der Waals surface area contributed by atoms with Crippen LogP contribution in [0.25, 0.3) is 0 Å². The summed E-state index contributed by atoms with van der Waals surface area (Å²) >= 11 is 0. The van der Waals surface area contributed by atoms with Crippen molar-refractivity contribution in [3.8, 4) is 5.75 Å². The van der Waals surface area contributed by atoms with Gasteiger partial charge >= 0.3 is 11.9 Å². The minimum Gasteiger partial charge on any atom is -0.508 e. The second kappa shape index (κ2) is 6.05. The Morgan fingerprint density at radius 3 is 2.27 bits per heavy atom. The van der Waals surface area contributed by atoms with Crippen LogP contribution in [0.5, 0.6) is 5.75 Å². The van der Waals surface area contributed by atoms with Crippen LogP contribution < -0.4 is 0 Å². The maximum absolute atomic E-state index is 11.9. The number of cyclic esters (lactones) is 2. The van der Waals surface area contributed by atoms with Gasteiger partial charge < -0.3 is 14.6 Å². The number of benzene rings is 1. The van der Waals surface area contributed by atoms with Crippen molar-refractivity contribution in [1.82, 2.24) is 0 Å². The second-order valence-electron chi connectivity index (χ2n) is 5.33. The molecule has 1 heterocycles. The molecular formula is C17H18O5. The number of hydrogen-bond donors (Lipinski definition) is 1. The average Bonchev–Trinajstić information content (AvgIpc) is 2.45. The first-order valence-corrected chi connectivity index (χ1v) is 6.97. The number of aromatic hydroxyl groups is 1. The molecule has 0 atom stereocenters. The van der Waals surface area contributed by atoms with Crippen LogP contribution in [0.2, 0.25) is 0 Å². The summed E-state index contributed by atoms with van der Waals surface area (Å²) in [4.78, 5) is 23.9. The number of esters is 2. The van der Waals surface area contributed by atoms with E-state index in [0.717, 1.165) is 5.56 Å². The van der Waals surface area contributed by atoms with E-state index < -0.39 is 17.7 Å². The summed E-state index contributed by atoms with van der Waals surface area (Å²) in [5.74, 6) is -2.44. The Hall–Kier alpha value is -2.56. The molecule has 1 aliphatic rings. The summed E-state index contributed by atoms with van der Waals surface area (Å²) < 4.78 is 10.3. The molecule has 1 fully saturated rings. The molecular weight excluding hydrogens is 284 g/mol. The molecule has 0 amide bonds. The maximum atomic E-state index is 11.9. The summed E-state index contributed by atoms with van der Waals surface area (Å²) in [6.45, 7) is 7.15. The van der Waals surface area contributed by atoms with Crippen molar-refractivity contribution in [1.29, 1.82) is 0 Å². The highest BCUT2D eigenvalue weighted by molar-refractivity contribution is 6.15. The van der Waals surface area contributed by atoms with E-state index in [9.17, 15) is 14.7 Å². The van der Waals surface area contributed by atoms with Crippen molar-refractivity contribution >= 4 is 11.9 Å². The van der Waals surface area contributed by atoms with Gasteiger partial charge in [-0.1, -0.05) is 25.6 Å². The van der Waals surface area contributed by atoms with Gasteiger partial charge in [-0.05, 0) is 35.8 Å². The number of rotatable bonds is 4. The van der Waals surface area contributed by atoms with E-state index in [2.05, 4.69) is 6.58 Å². The third kappa shape index (κ3) is 3.55. The van der Waals surface area contributed by atoms with Crippen molar-refractivity contribution in [2.24, 2.45) is 0 Å². The van der Waals surface area contributed by atoms with Gasteiger partial charge in [0.15, 0.2) is 0 Å². The molecule has 0 spiro atoms. The van der Waals surface area contributed by atoms with E-state index >= 15 is 0 Å². The Bertz CT molecular complexity index is 620. The van der Waals surface area contributed by atoms with Gasteiger partial charge in [-0.25, -0.2) is 9.59 Å². The molecule has 0 saturated carbocycles. The Morgan fingerprint density at radius 2 is 1.77 bits per heavy atom. The number of phenolic OH excluding ortho intramolecular Hbond substituents is 1. The SMILES string of the molecule is C=C(C=C1C(=O)OC(C)(CC)OC1=O)Cc1ccc(O)cc1. The predicted molar refractivity (Wildman–Crippen MR) is 79.9 cm³/mol. The van der Waals surface area contributed by atoms with Crippen molar-refractivity contribution in [3.05, 3.63) is 53.6 Å². The predicted octanol–water partition coefficient (Wildman–Crippen LogP) is 2.64. The summed E-state index contributed by atoms with van der Waals surface area (Å²) in [7, 11) is 0. The van der Waals surface area contributed by atoms with Gasteiger partial charge in [0, 0.05) is 13.3 Å². The Balaban J connectivity index is 2.11. The Kier molecular flexibility index (Phi) is 4.35. The summed E-state index contributed by atoms with van der Waals surface area (Å²) in [5.41, 5.74) is 1.31. The summed E-state index contributed by atoms with van der Waals surface area (Å²) in [6.07, 6.45) is 2.20. The van der Waals surface area contributed by atoms with Crippen LogP contribution in [0.15, 0.2) is 48.1 Å². The monoisotopic (exact) mass is 302 g/mol. The molecule has 116 valence electrons. The van der Waals surface area contributed by atoms with Crippen LogP contribution in [0.1, 0.15) is 25.8 Å². The lowest BCUT2D eigenvalue weighted by Crippen LogP contribution is -2.43. The molecule has 0 bridgehead atoms. The highest BCUT2D eigenvalue weighted by Crippen LogP contribution is 2.27. The molecule has 0 aliphatic carbocycles. The lowest BCUT2D eigenvalue weighted by molar-refractivity contribution is -0.229. The highest BCUT2D eigenvalue weighted by Gasteiger charge is 2.41. The molecule has 1 N–H and O–H groups in total. The van der Waals surface area contributed by atoms with Gasteiger partial charge in [0.1, 0.15) is 11.3 Å². The fourth-order valence-electron chi connectivity index (χ4n) is 2.00. The zero-order valence-corrected chi connectivity index (χ0v) is 12.6. The number of hydrogen-bond acceptors (Lipinski definition) is 5. The molecule has 5 nitrogen and oxygen atoms in total. The Morgan fingerprint density at radius 1 is 1.23 bits per heavy atom. The molecule has 0 unspecified atom stereocenters. The third-order valence-corrected chi connectivity index (χ3v) is 3.42. The smallest absolute Gasteiger partial charge is 0.348 e. The molecule has 0 radical (unpaired) electrons. The minimum absolute atomic E-state index is 0.158. The zero-order valence-electron chi connectivity index (χ0n) is 12.6. The zero-order chi connectivity index (χ0) is 16.3. The van der Waals surface area contributed by atoms with Gasteiger partial charge in [-0.2, -0.15) is 0 Å². The van der Waals surface area contributed by atoms with Crippen LogP contribution in [-0.4, -0.2) is 22.8 Å². The minimum atomic E-state index is -1.20. The molecule has 1 aromatic rings. The number of phenols is 1. The molecule has 1 aliphatic heterocycles. The largest absolute Gasteiger partial charge is 0.508 e. The van der Waals surface area contributed by atoms with Crippen LogP contribution >= 0.6 is 0 Å². The van der Waals surface area contributed by atoms with E-state index in [4.69, 9.17) is 9.47 Å². The fourth-order valence-corrected chi connectivity index (χ4v) is 2.00. The van der Waals surface area contributed by atoms with Crippen LogP contribution in [0.4, 0.5) is 0 Å². The second-order valence-corrected chi connectivity index (χ2v) is 5.33. The standard InChI is InChI=1S/C17H18O5/c1-4-17(3)21-15(19)14(16(20)22-17)10-11(2)9-12-5-7-13(18)8-6-12/h5-8,10,18H,2,4,9H2,1,3H3. The van der Waals surface area contributed by atoms with E-state index in [0.29, 0.717) is 18.4 Å². The van der Waals surface area contributed by atoms with Gasteiger partial charge in [-0.15, -0.1) is 0 Å². The summed E-state index contributed by atoms with van der Waals surface area (Å²) in [6, 6.07) is 6.60. The lowest BCUT2D eigenvalue weighted by Gasteiger charge is -2.32. The van der Waals surface area contributed by atoms with Gasteiger partial charge in [0.05, 0.1) is 0 Å². The van der Waals surface area contributed by atoms with E-state index in [1.165, 1.54) is 6.08 Å². The molecule has 5 heteroatoms. The quantitative estimate of drug-likeness (QED) is 0.526. The highest BCUT2D eigenvalue weighted by atomic mass is 16.7. The van der Waals surface area contributed by atoms with Crippen LogP contribution in [0, 0.1) is 0 Å². The average molecular weight is 302 g/mol. The topological polar surface area (TPSA) is 72.8 Å². The molecule has 2 rings (SSSR count). The van der Waals surface area contributed by atoms with Gasteiger partial charge in [-0.3, -0.25) is 0 Å². The maximum Gasteiger partial charge on any atom is 0.348 e. The third-order valence-electron chi connectivity index (χ3n) is 3.42. The number of carbonyl (C=O) groups excluding carboxylic acids is 2. The molecule has 0 aromatic heterocycles. The van der Waals surface area contributed by atoms with Crippen molar-refractivity contribution in [3.63, 3.8) is 0 Å². The molecule has 1 aromatic carbocycles. The number of ether oxygens (including phenoxy) is 2. The Labute approximate surface area is 128 Å². The number of carbonyl (C=O) groups is 2. The van der Waals surface area contributed by atoms with E-state index in [1.807, 2.05) is 0 Å². The fraction of sp³-hybridized carbons (Fsp3) is 0.294. The lowest BCUT2D eigenvalue weighted by atomic mass is 10.0. The molecule has 22 heavy (non-hydrogen) atoms. The van der Waals surface area contributed by atoms with Crippen LogP contribution in [0.3, 0.4) is 0 Å². The van der Waals surface area contributed by atoms with Crippen LogP contribution in [-0.2, 0) is 25.5 Å². The number of allylic oxidation sites excluding steroid dienone is 2. The van der Waals surface area contributed by atoms with Crippen molar-refractivity contribution < 1.29 is 24.2 Å². The van der Waals surface area contributed by atoms with Gasteiger partial charge in [0.25, 0.3) is 5.79 Å². The normalized spacial score (nSPS) is 21.1. The van der Waals surface area contributed by atoms with Gasteiger partial charge in [0.2, 0.25) is 0 Å². The first kappa shape index (κ1) is 15.8. The molecule has 1 saturated heterocycles. The summed E-state index contributed by atoms with van der Waals surface area (Å²) in [5, 5.41) is 9.24. The first-order valence-electron chi connectivity index (χ1n) is 6.97. The van der Waals surface area contributed by atoms with E-state index in [-0.39, 0.29) is 11.3 Å². The van der Waals surface area contributed by atoms with E-state index in [1.54, 1.807) is 38.1 Å². The van der Waals surface area contributed by atoms with Crippen molar-refractivity contribution in [2.45, 2.75) is 32.5 Å². The first-order chi connectivity index (χ1) is 10.3. The van der Waals surface area contributed by atoms with Crippen molar-refractivity contribution in [2.75, 3.05) is 0 Å².